The van der Waals surface area contributed by atoms with Gasteiger partial charge in [-0.2, -0.15) is 0 Å². The van der Waals surface area contributed by atoms with Crippen molar-refractivity contribution in [3.8, 4) is 0 Å². The van der Waals surface area contributed by atoms with E-state index in [1.807, 2.05) is 0 Å². The summed E-state index contributed by atoms with van der Waals surface area (Å²) < 4.78 is 4.58. The molecule has 0 fully saturated rings. The van der Waals surface area contributed by atoms with E-state index in [0.29, 0.717) is 24.9 Å². The van der Waals surface area contributed by atoms with Gasteiger partial charge in [0.15, 0.2) is 0 Å². The highest BCUT2D eigenvalue weighted by Crippen LogP contribution is 2.08. The third-order valence-corrected chi connectivity index (χ3v) is 1.57. The first-order valence-corrected chi connectivity index (χ1v) is 3.23. The highest BCUT2D eigenvalue weighted by molar-refractivity contribution is 5.36. The average molecular weight is 130 g/mol. The van der Waals surface area contributed by atoms with Crippen LogP contribution in [0.25, 0.3) is 0 Å². The van der Waals surface area contributed by atoms with Gasteiger partial charge >= 0.3 is 0 Å². The maximum atomic E-state index is 9.71. The summed E-state index contributed by atoms with van der Waals surface area (Å²) in [5.41, 5.74) is 0. The van der Waals surface area contributed by atoms with Crippen LogP contribution in [0.5, 0.6) is 0 Å². The molecule has 0 heterocycles. The summed E-state index contributed by atoms with van der Waals surface area (Å²) in [4.78, 5) is 9.71. The largest absolute Gasteiger partial charge is 0.468 e. The zero-order valence-electron chi connectivity index (χ0n) is 6.26. The third kappa shape index (κ3) is 4.01. The van der Waals surface area contributed by atoms with E-state index < -0.39 is 0 Å². The normalized spacial score (nSPS) is 13.3. The maximum absolute atomic E-state index is 9.71. The van der Waals surface area contributed by atoms with Gasteiger partial charge in [-0.1, -0.05) is 20.8 Å². The highest BCUT2D eigenvalue weighted by Gasteiger charge is 2.05. The van der Waals surface area contributed by atoms with Crippen molar-refractivity contribution < 1.29 is 9.53 Å². The number of carbonyl (C=O) groups is 1. The Morgan fingerprint density at radius 2 is 2.00 bits per heavy atom. The smallest absolute Gasteiger partial charge is 0.293 e. The van der Waals surface area contributed by atoms with Crippen molar-refractivity contribution >= 4 is 6.47 Å². The quantitative estimate of drug-likeness (QED) is 0.538. The second kappa shape index (κ2) is 4.36. The summed E-state index contributed by atoms with van der Waals surface area (Å²) in [5, 5.41) is 0. The van der Waals surface area contributed by atoms with E-state index >= 15 is 0 Å². The minimum absolute atomic E-state index is 0.468. The molecule has 0 N–H and O–H groups in total. The van der Waals surface area contributed by atoms with Crippen LogP contribution < -0.4 is 0 Å². The van der Waals surface area contributed by atoms with E-state index in [2.05, 4.69) is 25.5 Å². The minimum atomic E-state index is 0.468. The fourth-order valence-corrected chi connectivity index (χ4v) is 0.384. The Labute approximate surface area is 56.2 Å². The van der Waals surface area contributed by atoms with Gasteiger partial charge in [-0.3, -0.25) is 4.79 Å². The molecule has 2 nitrogen and oxygen atoms in total. The lowest BCUT2D eigenvalue weighted by atomic mass is 10.00. The van der Waals surface area contributed by atoms with Gasteiger partial charge in [-0.25, -0.2) is 0 Å². The van der Waals surface area contributed by atoms with E-state index in [4.69, 9.17) is 0 Å². The SMILES string of the molecule is CC(C)C(C)COC=O. The van der Waals surface area contributed by atoms with Crippen LogP contribution in [0.2, 0.25) is 0 Å². The van der Waals surface area contributed by atoms with Crippen molar-refractivity contribution in [2.24, 2.45) is 11.8 Å². The van der Waals surface area contributed by atoms with Crippen molar-refractivity contribution in [1.29, 1.82) is 0 Å². The Hall–Kier alpha value is -0.530. The molecule has 0 spiro atoms. The molecule has 0 aliphatic carbocycles. The summed E-state index contributed by atoms with van der Waals surface area (Å²) in [6, 6.07) is 0. The molecule has 0 amide bonds. The second-order valence-corrected chi connectivity index (χ2v) is 2.65. The first-order valence-electron chi connectivity index (χ1n) is 3.23. The maximum Gasteiger partial charge on any atom is 0.293 e. The van der Waals surface area contributed by atoms with Gasteiger partial charge in [0.05, 0.1) is 6.61 Å². The van der Waals surface area contributed by atoms with Crippen LogP contribution in [0.15, 0.2) is 0 Å². The lowest BCUT2D eigenvalue weighted by Gasteiger charge is -2.12. The van der Waals surface area contributed by atoms with Crippen LogP contribution in [0.4, 0.5) is 0 Å². The van der Waals surface area contributed by atoms with Crippen LogP contribution in [0.1, 0.15) is 20.8 Å². The predicted octanol–water partition coefficient (Wildman–Crippen LogP) is 1.45. The van der Waals surface area contributed by atoms with Crippen LogP contribution in [0.3, 0.4) is 0 Å². The molecule has 0 aromatic carbocycles. The van der Waals surface area contributed by atoms with Gasteiger partial charge in [0.1, 0.15) is 0 Å². The van der Waals surface area contributed by atoms with Crippen molar-refractivity contribution in [3.63, 3.8) is 0 Å². The van der Waals surface area contributed by atoms with Crippen molar-refractivity contribution in [2.45, 2.75) is 20.8 Å². The summed E-state index contributed by atoms with van der Waals surface area (Å²) in [6.45, 7) is 7.33. The van der Waals surface area contributed by atoms with Crippen LogP contribution >= 0.6 is 0 Å². The lowest BCUT2D eigenvalue weighted by molar-refractivity contribution is -0.130. The summed E-state index contributed by atoms with van der Waals surface area (Å²) >= 11 is 0. The van der Waals surface area contributed by atoms with Crippen LogP contribution in [0, 0.1) is 11.8 Å². The standard InChI is InChI=1S/C7H14O2/c1-6(2)7(3)4-9-5-8/h5-7H,4H2,1-3H3. The Morgan fingerprint density at radius 3 is 2.33 bits per heavy atom. The Bertz CT molecular complexity index is 79.0. The number of hydrogen-bond donors (Lipinski definition) is 0. The number of rotatable bonds is 4. The molecule has 1 atom stereocenters. The first-order chi connectivity index (χ1) is 4.18. The molecule has 0 saturated heterocycles. The first kappa shape index (κ1) is 8.47. The molecule has 0 aromatic rings. The topological polar surface area (TPSA) is 26.3 Å². The van der Waals surface area contributed by atoms with E-state index in [-0.39, 0.29) is 0 Å². The molecule has 0 aliphatic rings. The number of ether oxygens (including phenoxy) is 1. The van der Waals surface area contributed by atoms with Gasteiger partial charge in [-0.15, -0.1) is 0 Å². The van der Waals surface area contributed by atoms with Crippen LogP contribution in [-0.4, -0.2) is 13.1 Å². The lowest BCUT2D eigenvalue weighted by Crippen LogP contribution is -2.11. The van der Waals surface area contributed by atoms with Gasteiger partial charge in [0.2, 0.25) is 0 Å². The van der Waals surface area contributed by atoms with E-state index in [9.17, 15) is 4.79 Å². The highest BCUT2D eigenvalue weighted by atomic mass is 16.5. The molecule has 0 aromatic heterocycles. The van der Waals surface area contributed by atoms with Crippen LogP contribution in [-0.2, 0) is 9.53 Å². The second-order valence-electron chi connectivity index (χ2n) is 2.65. The van der Waals surface area contributed by atoms with Gasteiger partial charge in [0, 0.05) is 0 Å². The predicted molar refractivity (Wildman–Crippen MR) is 36.0 cm³/mol. The number of carbonyl (C=O) groups excluding carboxylic acids is 1. The molecule has 0 rings (SSSR count). The summed E-state index contributed by atoms with van der Waals surface area (Å²) in [6.07, 6.45) is 0. The number of hydrogen-bond acceptors (Lipinski definition) is 2. The average Bonchev–Trinajstić information content (AvgIpc) is 1.82. The molecule has 0 radical (unpaired) electrons. The molecule has 1 unspecified atom stereocenters. The van der Waals surface area contributed by atoms with Crippen molar-refractivity contribution in [3.05, 3.63) is 0 Å². The molecular weight excluding hydrogens is 116 g/mol. The fraction of sp³-hybridized carbons (Fsp3) is 0.857. The zero-order valence-corrected chi connectivity index (χ0v) is 6.26. The molecule has 0 aliphatic heterocycles. The molecule has 9 heavy (non-hydrogen) atoms. The van der Waals surface area contributed by atoms with E-state index in [0.717, 1.165) is 0 Å². The molecular formula is C7H14O2. The third-order valence-electron chi connectivity index (χ3n) is 1.57. The van der Waals surface area contributed by atoms with E-state index in [1.54, 1.807) is 0 Å². The fourth-order valence-electron chi connectivity index (χ4n) is 0.384. The molecule has 0 saturated carbocycles. The Morgan fingerprint density at radius 1 is 1.44 bits per heavy atom. The van der Waals surface area contributed by atoms with Gasteiger partial charge < -0.3 is 4.74 Å². The molecule has 2 heteroatoms. The minimum Gasteiger partial charge on any atom is -0.468 e. The molecule has 0 bridgehead atoms. The van der Waals surface area contributed by atoms with Crippen molar-refractivity contribution in [2.75, 3.05) is 6.61 Å². The zero-order chi connectivity index (χ0) is 7.28. The monoisotopic (exact) mass is 130 g/mol. The Balaban J connectivity index is 3.26. The van der Waals surface area contributed by atoms with Crippen molar-refractivity contribution in [1.82, 2.24) is 0 Å². The summed E-state index contributed by atoms with van der Waals surface area (Å²) in [5.74, 6) is 1.06. The van der Waals surface area contributed by atoms with Gasteiger partial charge in [-0.05, 0) is 11.8 Å². The van der Waals surface area contributed by atoms with E-state index in [1.165, 1.54) is 0 Å². The Kier molecular flexibility index (Phi) is 4.10. The van der Waals surface area contributed by atoms with Gasteiger partial charge in [0.25, 0.3) is 6.47 Å². The molecule has 54 valence electrons. The summed E-state index contributed by atoms with van der Waals surface area (Å²) in [7, 11) is 0.